The third-order valence-corrected chi connectivity index (χ3v) is 6.08. The highest BCUT2D eigenvalue weighted by Gasteiger charge is 2.33. The lowest BCUT2D eigenvalue weighted by atomic mass is 10.4. The number of morpholine rings is 1. The fourth-order valence-corrected chi connectivity index (χ4v) is 4.98. The van der Waals surface area contributed by atoms with E-state index >= 15 is 0 Å². The number of hydrogen-bond acceptors (Lipinski definition) is 8. The zero-order valence-electron chi connectivity index (χ0n) is 13.9. The van der Waals surface area contributed by atoms with E-state index in [0.29, 0.717) is 31.7 Å². The lowest BCUT2D eigenvalue weighted by Crippen LogP contribution is -2.33. The van der Waals surface area contributed by atoms with E-state index in [9.17, 15) is 26.9 Å². The van der Waals surface area contributed by atoms with E-state index in [1.54, 1.807) is 6.07 Å². The second kappa shape index (κ2) is 7.98. The van der Waals surface area contributed by atoms with Crippen LogP contribution < -0.4 is 0 Å². The van der Waals surface area contributed by atoms with Gasteiger partial charge in [-0.25, -0.2) is 16.8 Å². The summed E-state index contributed by atoms with van der Waals surface area (Å²) in [5.41, 5.74) is -0.804. The van der Waals surface area contributed by atoms with Crippen molar-refractivity contribution in [1.82, 2.24) is 4.90 Å². The van der Waals surface area contributed by atoms with E-state index in [4.69, 9.17) is 4.74 Å². The number of nitrogens with zero attached hydrogens (tertiary/aromatic N) is 2. The van der Waals surface area contributed by atoms with Crippen LogP contribution in [0.25, 0.3) is 0 Å². The minimum Gasteiger partial charge on any atom is -0.378 e. The maximum absolute atomic E-state index is 12.9. The molecule has 11 heteroatoms. The third kappa shape index (κ3) is 5.13. The Morgan fingerprint density at radius 2 is 1.73 bits per heavy atom. The second-order valence-electron chi connectivity index (χ2n) is 5.55. The van der Waals surface area contributed by atoms with Crippen LogP contribution >= 0.6 is 0 Å². The molecule has 1 aromatic rings. The van der Waals surface area contributed by atoms with Crippen molar-refractivity contribution < 1.29 is 26.5 Å². The number of benzene rings is 1. The van der Waals surface area contributed by atoms with Crippen LogP contribution in [0.4, 0.5) is 0 Å². The zero-order valence-corrected chi connectivity index (χ0v) is 15.6. The molecule has 1 fully saturated rings. The van der Waals surface area contributed by atoms with Gasteiger partial charge in [-0.15, -0.1) is 0 Å². The molecule has 1 aromatic carbocycles. The summed E-state index contributed by atoms with van der Waals surface area (Å²) in [6, 6.07) is 6.97. The van der Waals surface area contributed by atoms with Gasteiger partial charge in [-0.2, -0.15) is 0 Å². The van der Waals surface area contributed by atoms with Crippen LogP contribution in [0.1, 0.15) is 0 Å². The highest BCUT2D eigenvalue weighted by atomic mass is 32.2. The molecule has 0 saturated carbocycles. The summed E-state index contributed by atoms with van der Waals surface area (Å²) in [6.07, 6.45) is 1.83. The molecule has 1 aliphatic heterocycles. The van der Waals surface area contributed by atoms with Crippen molar-refractivity contribution >= 4 is 19.7 Å². The molecule has 2 rings (SSSR count). The average Bonchev–Trinajstić information content (AvgIpc) is 2.58. The molecule has 0 aliphatic carbocycles. The third-order valence-electron chi connectivity index (χ3n) is 3.46. The van der Waals surface area contributed by atoms with Crippen LogP contribution in [-0.4, -0.2) is 59.2 Å². The molecule has 0 unspecified atom stereocenters. The molecule has 0 bridgehead atoms. The Morgan fingerprint density at radius 3 is 2.23 bits per heavy atom. The van der Waals surface area contributed by atoms with Gasteiger partial charge in [0.1, 0.15) is 0 Å². The van der Waals surface area contributed by atoms with Crippen LogP contribution in [0.15, 0.2) is 57.4 Å². The van der Waals surface area contributed by atoms with Crippen LogP contribution in [0.2, 0.25) is 0 Å². The second-order valence-corrected chi connectivity index (χ2v) is 9.36. The van der Waals surface area contributed by atoms with Crippen LogP contribution in [0.5, 0.6) is 0 Å². The highest BCUT2D eigenvalue weighted by Crippen LogP contribution is 2.27. The Hall–Kier alpha value is -2.24. The minimum absolute atomic E-state index is 0.232. The summed E-state index contributed by atoms with van der Waals surface area (Å²) >= 11 is 0. The van der Waals surface area contributed by atoms with Crippen molar-refractivity contribution in [2.45, 2.75) is 4.90 Å². The monoisotopic (exact) mass is 402 g/mol. The topological polar surface area (TPSA) is 124 Å². The van der Waals surface area contributed by atoms with E-state index in [-0.39, 0.29) is 4.90 Å². The quantitative estimate of drug-likeness (QED) is 0.389. The predicted molar refractivity (Wildman–Crippen MR) is 94.0 cm³/mol. The Bertz CT molecular complexity index is 929. The molecule has 9 nitrogen and oxygen atoms in total. The Kier molecular flexibility index (Phi) is 6.16. The van der Waals surface area contributed by atoms with Crippen molar-refractivity contribution in [3.8, 4) is 0 Å². The van der Waals surface area contributed by atoms with E-state index in [0.717, 1.165) is 12.5 Å². The zero-order chi connectivity index (χ0) is 19.4. The molecule has 0 N–H and O–H groups in total. The number of hydrogen-bond donors (Lipinski definition) is 0. The Morgan fingerprint density at radius 1 is 1.15 bits per heavy atom. The Labute approximate surface area is 151 Å². The number of nitro groups is 1. The Balaban J connectivity index is 2.65. The minimum atomic E-state index is -4.42. The van der Waals surface area contributed by atoms with Crippen molar-refractivity contribution in [3.63, 3.8) is 0 Å². The number of sulfone groups is 2. The summed E-state index contributed by atoms with van der Waals surface area (Å²) in [4.78, 5) is 11.1. The predicted octanol–water partition coefficient (Wildman–Crippen LogP) is 0.797. The van der Waals surface area contributed by atoms with Gasteiger partial charge < -0.3 is 9.64 Å². The number of rotatable bonds is 6. The van der Waals surface area contributed by atoms with E-state index in [1.807, 2.05) is 0 Å². The fraction of sp³-hybridized carbons (Fsp3) is 0.333. The summed E-state index contributed by atoms with van der Waals surface area (Å²) in [6.45, 7) is 1.32. The molecule has 0 spiro atoms. The standard InChI is InChI=1S/C15H18N2O7S2/c1-25(20,21)12-15(26(22,23)13-5-3-2-4-6-13)14(17(18)19)11-16-7-9-24-10-8-16/h2-6,11-12H,7-10H2,1H3/b14-11+,15-12+. The smallest absolute Gasteiger partial charge is 0.304 e. The molecule has 0 amide bonds. The van der Waals surface area contributed by atoms with Crippen molar-refractivity contribution in [1.29, 1.82) is 0 Å². The molecule has 1 aliphatic rings. The average molecular weight is 402 g/mol. The highest BCUT2D eigenvalue weighted by molar-refractivity contribution is 7.98. The van der Waals surface area contributed by atoms with Gasteiger partial charge in [0.05, 0.1) is 34.6 Å². The largest absolute Gasteiger partial charge is 0.378 e. The van der Waals surface area contributed by atoms with Crippen molar-refractivity contribution in [2.75, 3.05) is 32.6 Å². The van der Waals surface area contributed by atoms with Gasteiger partial charge in [-0.05, 0) is 12.1 Å². The van der Waals surface area contributed by atoms with Gasteiger partial charge in [0, 0.05) is 19.3 Å². The molecule has 26 heavy (non-hydrogen) atoms. The van der Waals surface area contributed by atoms with Gasteiger partial charge >= 0.3 is 5.70 Å². The van der Waals surface area contributed by atoms with Crippen LogP contribution in [-0.2, 0) is 24.4 Å². The lowest BCUT2D eigenvalue weighted by Gasteiger charge is -2.24. The van der Waals surface area contributed by atoms with Gasteiger partial charge in [0.15, 0.2) is 14.7 Å². The van der Waals surface area contributed by atoms with Gasteiger partial charge in [0.2, 0.25) is 9.84 Å². The first-order chi connectivity index (χ1) is 12.1. The van der Waals surface area contributed by atoms with Gasteiger partial charge in [0.25, 0.3) is 0 Å². The van der Waals surface area contributed by atoms with Gasteiger partial charge in [-0.3, -0.25) is 10.1 Å². The summed E-state index contributed by atoms with van der Waals surface area (Å²) in [5.74, 6) is 0. The molecule has 0 aromatic heterocycles. The molecule has 1 saturated heterocycles. The molecule has 142 valence electrons. The summed E-state index contributed by atoms with van der Waals surface area (Å²) in [7, 11) is -8.38. The van der Waals surface area contributed by atoms with E-state index in [1.165, 1.54) is 29.2 Å². The lowest BCUT2D eigenvalue weighted by molar-refractivity contribution is -0.420. The van der Waals surface area contributed by atoms with Crippen molar-refractivity contribution in [2.24, 2.45) is 0 Å². The number of ether oxygens (including phenoxy) is 1. The molecular formula is C15H18N2O7S2. The molecular weight excluding hydrogens is 384 g/mol. The SMILES string of the molecule is CS(=O)(=O)/C=C(\C(=C/N1CCOCC1)[N+](=O)[O-])S(=O)(=O)c1ccccc1. The van der Waals surface area contributed by atoms with E-state index in [2.05, 4.69) is 0 Å². The maximum atomic E-state index is 12.9. The first kappa shape index (κ1) is 20.1. The normalized spacial score (nSPS) is 17.2. The summed E-state index contributed by atoms with van der Waals surface area (Å²) < 4.78 is 54.3. The molecule has 0 atom stereocenters. The van der Waals surface area contributed by atoms with E-state index < -0.39 is 35.2 Å². The van der Waals surface area contributed by atoms with Crippen LogP contribution in [0.3, 0.4) is 0 Å². The van der Waals surface area contributed by atoms with Gasteiger partial charge in [-0.1, -0.05) is 18.2 Å². The first-order valence-electron chi connectivity index (χ1n) is 7.51. The maximum Gasteiger partial charge on any atom is 0.304 e. The van der Waals surface area contributed by atoms with Crippen LogP contribution in [0, 0.1) is 10.1 Å². The molecule has 0 radical (unpaired) electrons. The summed E-state index contributed by atoms with van der Waals surface area (Å²) in [5, 5.41) is 12.0. The first-order valence-corrected chi connectivity index (χ1v) is 11.0. The molecule has 1 heterocycles. The fourth-order valence-electron chi connectivity index (χ4n) is 2.26. The van der Waals surface area contributed by atoms with Crippen molar-refractivity contribution in [3.05, 3.63) is 62.7 Å².